The fraction of sp³-hybridized carbons (Fsp3) is 0.529. The lowest BCUT2D eigenvalue weighted by molar-refractivity contribution is 0.0750. The molecule has 2 N–H and O–H groups in total. The van der Waals surface area contributed by atoms with Gasteiger partial charge in [0.1, 0.15) is 5.75 Å². The van der Waals surface area contributed by atoms with E-state index in [1.807, 2.05) is 24.4 Å². The highest BCUT2D eigenvalue weighted by atomic mass is 16.5. The maximum absolute atomic E-state index is 10.6. The third-order valence-electron chi connectivity index (χ3n) is 4.62. The summed E-state index contributed by atoms with van der Waals surface area (Å²) in [5.41, 5.74) is 1.98. The van der Waals surface area contributed by atoms with Crippen LogP contribution in [0, 0.1) is 0 Å². The summed E-state index contributed by atoms with van der Waals surface area (Å²) < 4.78 is 5.29. The number of ether oxygens (including phenoxy) is 1. The van der Waals surface area contributed by atoms with Gasteiger partial charge in [0.15, 0.2) is 0 Å². The number of aromatic amines is 1. The summed E-state index contributed by atoms with van der Waals surface area (Å²) in [5, 5.41) is 11.7. The average molecular weight is 303 g/mol. The van der Waals surface area contributed by atoms with Gasteiger partial charge in [-0.05, 0) is 24.7 Å². The van der Waals surface area contributed by atoms with Crippen LogP contribution in [0.5, 0.6) is 5.75 Å². The predicted octanol–water partition coefficient (Wildman–Crippen LogP) is 1.85. The van der Waals surface area contributed by atoms with Crippen molar-refractivity contribution >= 4 is 10.9 Å². The number of benzene rings is 1. The number of aromatic nitrogens is 1. The molecule has 1 aliphatic heterocycles. The Balaban J connectivity index is 1.71. The number of aliphatic hydroxyl groups excluding tert-OH is 1. The van der Waals surface area contributed by atoms with Crippen LogP contribution in [0.2, 0.25) is 0 Å². The van der Waals surface area contributed by atoms with Gasteiger partial charge >= 0.3 is 0 Å². The molecule has 0 aliphatic carbocycles. The number of hydrogen-bond acceptors (Lipinski definition) is 4. The molecule has 0 saturated carbocycles. The molecule has 0 bridgehead atoms. The van der Waals surface area contributed by atoms with Gasteiger partial charge < -0.3 is 19.7 Å². The number of piperazine rings is 1. The largest absolute Gasteiger partial charge is 0.497 e. The van der Waals surface area contributed by atoms with Crippen LogP contribution >= 0.6 is 0 Å². The van der Waals surface area contributed by atoms with E-state index in [0.29, 0.717) is 6.54 Å². The standard InChI is InChI=1S/C17H25N3O2/c1-3-19-6-8-20(9-7-19)12-17(21)15-11-18-16-5-4-13(22-2)10-14(15)16/h4-5,10-11,17-18,21H,3,6-9,12H2,1-2H3/t17-/m0/s1. The van der Waals surface area contributed by atoms with E-state index in [2.05, 4.69) is 21.7 Å². The molecular weight excluding hydrogens is 278 g/mol. The lowest BCUT2D eigenvalue weighted by atomic mass is 10.1. The molecule has 5 heteroatoms. The first kappa shape index (κ1) is 15.3. The van der Waals surface area contributed by atoms with Gasteiger partial charge in [-0.2, -0.15) is 0 Å². The molecule has 3 rings (SSSR count). The summed E-state index contributed by atoms with van der Waals surface area (Å²) in [6.07, 6.45) is 1.44. The number of aliphatic hydroxyl groups is 1. The Morgan fingerprint density at radius 3 is 2.64 bits per heavy atom. The topological polar surface area (TPSA) is 51.7 Å². The molecule has 1 aromatic heterocycles. The van der Waals surface area contributed by atoms with E-state index >= 15 is 0 Å². The molecule has 1 atom stereocenters. The molecule has 2 aromatic rings. The number of β-amino-alcohol motifs (C(OH)–C–C–N with tert-alkyl or cyclic N) is 1. The molecule has 0 radical (unpaired) electrons. The second-order valence-electron chi connectivity index (χ2n) is 5.91. The molecule has 0 spiro atoms. The second kappa shape index (κ2) is 6.69. The molecule has 1 saturated heterocycles. The summed E-state index contributed by atoms with van der Waals surface area (Å²) in [6, 6.07) is 5.91. The van der Waals surface area contributed by atoms with Crippen molar-refractivity contribution in [1.29, 1.82) is 0 Å². The van der Waals surface area contributed by atoms with Crippen molar-refractivity contribution in [3.8, 4) is 5.75 Å². The van der Waals surface area contributed by atoms with Crippen LogP contribution in [0.1, 0.15) is 18.6 Å². The highest BCUT2D eigenvalue weighted by Crippen LogP contribution is 2.28. The number of H-pyrrole nitrogens is 1. The van der Waals surface area contributed by atoms with Crippen molar-refractivity contribution < 1.29 is 9.84 Å². The molecule has 5 nitrogen and oxygen atoms in total. The monoisotopic (exact) mass is 303 g/mol. The third-order valence-corrected chi connectivity index (χ3v) is 4.62. The summed E-state index contributed by atoms with van der Waals surface area (Å²) in [7, 11) is 1.66. The van der Waals surface area contributed by atoms with Crippen molar-refractivity contribution in [2.75, 3.05) is 46.4 Å². The summed E-state index contributed by atoms with van der Waals surface area (Å²) in [5.74, 6) is 0.817. The van der Waals surface area contributed by atoms with Crippen molar-refractivity contribution in [3.05, 3.63) is 30.0 Å². The molecule has 2 heterocycles. The van der Waals surface area contributed by atoms with Gasteiger partial charge in [0.05, 0.1) is 13.2 Å². The molecule has 120 valence electrons. The van der Waals surface area contributed by atoms with Gasteiger partial charge in [-0.15, -0.1) is 0 Å². The molecular formula is C17H25N3O2. The summed E-state index contributed by atoms with van der Waals surface area (Å²) in [4.78, 5) is 8.02. The number of hydrogen-bond donors (Lipinski definition) is 2. The highest BCUT2D eigenvalue weighted by molar-refractivity contribution is 5.85. The van der Waals surface area contributed by atoms with Gasteiger partial charge in [0.25, 0.3) is 0 Å². The van der Waals surface area contributed by atoms with E-state index in [0.717, 1.165) is 54.9 Å². The minimum Gasteiger partial charge on any atom is -0.497 e. The van der Waals surface area contributed by atoms with Crippen molar-refractivity contribution in [3.63, 3.8) is 0 Å². The Labute approximate surface area is 131 Å². The molecule has 1 aliphatic rings. The molecule has 1 fully saturated rings. The van der Waals surface area contributed by atoms with Crippen molar-refractivity contribution in [2.24, 2.45) is 0 Å². The Kier molecular flexibility index (Phi) is 4.66. The normalized spacial score (nSPS) is 18.7. The van der Waals surface area contributed by atoms with Crippen molar-refractivity contribution in [1.82, 2.24) is 14.8 Å². The molecule has 1 aromatic carbocycles. The van der Waals surface area contributed by atoms with Crippen LogP contribution in [0.3, 0.4) is 0 Å². The zero-order valence-electron chi connectivity index (χ0n) is 13.4. The molecule has 0 unspecified atom stereocenters. The maximum Gasteiger partial charge on any atom is 0.119 e. The lowest BCUT2D eigenvalue weighted by Crippen LogP contribution is -2.47. The Morgan fingerprint density at radius 1 is 1.23 bits per heavy atom. The average Bonchev–Trinajstić information content (AvgIpc) is 2.98. The highest BCUT2D eigenvalue weighted by Gasteiger charge is 2.20. The number of nitrogens with zero attached hydrogens (tertiary/aromatic N) is 2. The quantitative estimate of drug-likeness (QED) is 0.885. The van der Waals surface area contributed by atoms with E-state index in [1.165, 1.54) is 0 Å². The van der Waals surface area contributed by atoms with Crippen LogP contribution in [-0.2, 0) is 0 Å². The van der Waals surface area contributed by atoms with Crippen LogP contribution < -0.4 is 4.74 Å². The number of fused-ring (bicyclic) bond motifs is 1. The van der Waals surface area contributed by atoms with E-state index in [1.54, 1.807) is 7.11 Å². The third kappa shape index (κ3) is 3.11. The minimum atomic E-state index is -0.478. The zero-order valence-corrected chi connectivity index (χ0v) is 13.4. The van der Waals surface area contributed by atoms with Crippen LogP contribution in [0.4, 0.5) is 0 Å². The Hall–Kier alpha value is -1.56. The van der Waals surface area contributed by atoms with Crippen molar-refractivity contribution in [2.45, 2.75) is 13.0 Å². The first-order valence-corrected chi connectivity index (χ1v) is 7.99. The van der Waals surface area contributed by atoms with Gasteiger partial charge in [-0.3, -0.25) is 4.90 Å². The Bertz CT molecular complexity index is 617. The van der Waals surface area contributed by atoms with E-state index < -0.39 is 6.10 Å². The second-order valence-corrected chi connectivity index (χ2v) is 5.91. The van der Waals surface area contributed by atoms with Crippen LogP contribution in [-0.4, -0.2) is 66.3 Å². The van der Waals surface area contributed by atoms with E-state index in [-0.39, 0.29) is 0 Å². The number of likely N-dealkylation sites (N-methyl/N-ethyl adjacent to an activating group) is 1. The number of methoxy groups -OCH3 is 1. The minimum absolute atomic E-state index is 0.478. The molecule has 22 heavy (non-hydrogen) atoms. The number of rotatable bonds is 5. The smallest absolute Gasteiger partial charge is 0.119 e. The predicted molar refractivity (Wildman–Crippen MR) is 88.4 cm³/mol. The first-order chi connectivity index (χ1) is 10.7. The maximum atomic E-state index is 10.6. The SMILES string of the molecule is CCN1CCN(C[C@H](O)c2c[nH]c3ccc(OC)cc23)CC1. The number of nitrogens with one attached hydrogen (secondary N) is 1. The van der Waals surface area contributed by atoms with Gasteiger partial charge in [0, 0.05) is 55.4 Å². The first-order valence-electron chi connectivity index (χ1n) is 7.99. The van der Waals surface area contributed by atoms with Gasteiger partial charge in [0.2, 0.25) is 0 Å². The molecule has 0 amide bonds. The zero-order chi connectivity index (χ0) is 15.5. The van der Waals surface area contributed by atoms with Gasteiger partial charge in [-0.25, -0.2) is 0 Å². The van der Waals surface area contributed by atoms with Gasteiger partial charge in [-0.1, -0.05) is 6.92 Å². The van der Waals surface area contributed by atoms with E-state index in [4.69, 9.17) is 4.74 Å². The van der Waals surface area contributed by atoms with E-state index in [9.17, 15) is 5.11 Å². The summed E-state index contributed by atoms with van der Waals surface area (Å²) in [6.45, 7) is 8.22. The van der Waals surface area contributed by atoms with Crippen LogP contribution in [0.25, 0.3) is 10.9 Å². The summed E-state index contributed by atoms with van der Waals surface area (Å²) >= 11 is 0. The fourth-order valence-electron chi connectivity index (χ4n) is 3.15. The fourth-order valence-corrected chi connectivity index (χ4v) is 3.15. The van der Waals surface area contributed by atoms with Crippen LogP contribution in [0.15, 0.2) is 24.4 Å². The Morgan fingerprint density at radius 2 is 1.95 bits per heavy atom. The lowest BCUT2D eigenvalue weighted by Gasteiger charge is -2.34.